The average Bonchev–Trinajstić information content (AvgIpc) is 2.70. The van der Waals surface area contributed by atoms with Crippen molar-refractivity contribution in [3.63, 3.8) is 0 Å². The molecule has 0 bridgehead atoms. The zero-order chi connectivity index (χ0) is 9.10. The van der Waals surface area contributed by atoms with E-state index in [4.69, 9.17) is 5.26 Å². The van der Waals surface area contributed by atoms with Crippen LogP contribution in [0.3, 0.4) is 0 Å². The third-order valence-electron chi connectivity index (χ3n) is 1.49. The number of pyridine rings is 1. The van der Waals surface area contributed by atoms with Crippen molar-refractivity contribution in [3.05, 3.63) is 30.4 Å². The highest BCUT2D eigenvalue weighted by Gasteiger charge is 2.04. The van der Waals surface area contributed by atoms with Crippen molar-refractivity contribution in [2.75, 3.05) is 0 Å². The second-order valence-electron chi connectivity index (χ2n) is 2.24. The molecule has 2 aromatic rings. The second kappa shape index (κ2) is 2.98. The molecule has 0 saturated carbocycles. The molecule has 13 heavy (non-hydrogen) atoms. The Balaban J connectivity index is 2.59. The summed E-state index contributed by atoms with van der Waals surface area (Å²) < 4.78 is 1.39. The number of nitriles is 1. The van der Waals surface area contributed by atoms with Crippen LogP contribution < -0.4 is 0 Å². The average molecular weight is 172 g/mol. The summed E-state index contributed by atoms with van der Waals surface area (Å²) in [5.41, 5.74) is 0.879. The lowest BCUT2D eigenvalue weighted by molar-refractivity contribution is 0.784. The fourth-order valence-electron chi connectivity index (χ4n) is 0.940. The van der Waals surface area contributed by atoms with Crippen LogP contribution in [0.15, 0.2) is 24.7 Å². The van der Waals surface area contributed by atoms with E-state index in [9.17, 15) is 0 Å². The van der Waals surface area contributed by atoms with Gasteiger partial charge in [0.1, 0.15) is 18.1 Å². The number of aromatic nitrogens is 5. The van der Waals surface area contributed by atoms with Gasteiger partial charge in [-0.05, 0) is 22.6 Å². The Kier molecular flexibility index (Phi) is 1.69. The Bertz CT molecular complexity index is 440. The standard InChI is InChI=1S/C7H4N6/c8-4-6-7(2-1-3-9-6)13-5-10-11-12-13/h1-3,5H. The maximum Gasteiger partial charge on any atom is 0.166 e. The van der Waals surface area contributed by atoms with Crippen LogP contribution in [-0.2, 0) is 0 Å². The maximum absolute atomic E-state index is 8.72. The van der Waals surface area contributed by atoms with E-state index in [1.165, 1.54) is 11.0 Å². The second-order valence-corrected chi connectivity index (χ2v) is 2.24. The smallest absolute Gasteiger partial charge is 0.166 e. The minimum atomic E-state index is 0.301. The summed E-state index contributed by atoms with van der Waals surface area (Å²) in [5, 5.41) is 19.3. The van der Waals surface area contributed by atoms with Crippen molar-refractivity contribution in [1.29, 1.82) is 5.26 Å². The van der Waals surface area contributed by atoms with E-state index in [1.54, 1.807) is 18.3 Å². The summed E-state index contributed by atoms with van der Waals surface area (Å²) in [6.07, 6.45) is 2.96. The highest BCUT2D eigenvalue weighted by atomic mass is 15.5. The van der Waals surface area contributed by atoms with Gasteiger partial charge in [-0.25, -0.2) is 4.98 Å². The summed E-state index contributed by atoms with van der Waals surface area (Å²) in [6, 6.07) is 5.40. The van der Waals surface area contributed by atoms with E-state index in [-0.39, 0.29) is 0 Å². The molecule has 6 heteroatoms. The first-order valence-corrected chi connectivity index (χ1v) is 3.50. The van der Waals surface area contributed by atoms with Crippen LogP contribution in [0.1, 0.15) is 5.69 Å². The highest BCUT2D eigenvalue weighted by molar-refractivity contribution is 5.42. The van der Waals surface area contributed by atoms with Gasteiger partial charge in [0.2, 0.25) is 0 Å². The lowest BCUT2D eigenvalue weighted by Crippen LogP contribution is -1.99. The van der Waals surface area contributed by atoms with Crippen LogP contribution >= 0.6 is 0 Å². The van der Waals surface area contributed by atoms with Gasteiger partial charge in [0.05, 0.1) is 0 Å². The Morgan fingerprint density at radius 1 is 1.46 bits per heavy atom. The Labute approximate surface area is 73.4 Å². The van der Waals surface area contributed by atoms with Crippen molar-refractivity contribution in [3.8, 4) is 11.8 Å². The molecule has 0 saturated heterocycles. The van der Waals surface area contributed by atoms with Gasteiger partial charge in [0.15, 0.2) is 5.69 Å². The molecule has 0 aliphatic carbocycles. The molecule has 0 spiro atoms. The molecule has 0 amide bonds. The first-order valence-electron chi connectivity index (χ1n) is 3.50. The van der Waals surface area contributed by atoms with Crippen LogP contribution in [0.4, 0.5) is 0 Å². The van der Waals surface area contributed by atoms with Gasteiger partial charge in [-0.2, -0.15) is 9.94 Å². The van der Waals surface area contributed by atoms with E-state index in [0.29, 0.717) is 11.4 Å². The first-order chi connectivity index (χ1) is 6.42. The number of nitrogens with zero attached hydrogens (tertiary/aromatic N) is 6. The van der Waals surface area contributed by atoms with Gasteiger partial charge in [-0.1, -0.05) is 0 Å². The number of hydrogen-bond donors (Lipinski definition) is 0. The molecule has 62 valence electrons. The van der Waals surface area contributed by atoms with Crippen LogP contribution in [0, 0.1) is 11.3 Å². The number of tetrazole rings is 1. The highest BCUT2D eigenvalue weighted by Crippen LogP contribution is 2.07. The molecule has 0 fully saturated rings. The minimum Gasteiger partial charge on any atom is -0.243 e. The van der Waals surface area contributed by atoms with Crippen LogP contribution in [0.2, 0.25) is 0 Å². The molecular formula is C7H4N6. The largest absolute Gasteiger partial charge is 0.243 e. The van der Waals surface area contributed by atoms with Crippen molar-refractivity contribution < 1.29 is 0 Å². The van der Waals surface area contributed by atoms with E-state index in [2.05, 4.69) is 20.5 Å². The van der Waals surface area contributed by atoms with Crippen LogP contribution in [0.25, 0.3) is 5.69 Å². The molecule has 0 radical (unpaired) electrons. The fourth-order valence-corrected chi connectivity index (χ4v) is 0.940. The Morgan fingerprint density at radius 2 is 2.38 bits per heavy atom. The number of hydrogen-bond acceptors (Lipinski definition) is 5. The van der Waals surface area contributed by atoms with Crippen molar-refractivity contribution in [2.45, 2.75) is 0 Å². The molecule has 2 heterocycles. The number of rotatable bonds is 1. The van der Waals surface area contributed by atoms with Crippen molar-refractivity contribution in [2.24, 2.45) is 0 Å². The van der Waals surface area contributed by atoms with Gasteiger partial charge in [-0.15, -0.1) is 5.10 Å². The molecule has 2 aromatic heterocycles. The van der Waals surface area contributed by atoms with E-state index in [0.717, 1.165) is 0 Å². The molecule has 0 N–H and O–H groups in total. The molecule has 6 nitrogen and oxygen atoms in total. The zero-order valence-corrected chi connectivity index (χ0v) is 6.49. The van der Waals surface area contributed by atoms with Gasteiger partial charge >= 0.3 is 0 Å². The molecule has 0 aliphatic heterocycles. The molecule has 0 atom stereocenters. The van der Waals surface area contributed by atoms with Gasteiger partial charge in [0.25, 0.3) is 0 Å². The third kappa shape index (κ3) is 1.22. The van der Waals surface area contributed by atoms with E-state index < -0.39 is 0 Å². The molecule has 0 aromatic carbocycles. The lowest BCUT2D eigenvalue weighted by atomic mass is 10.3. The monoisotopic (exact) mass is 172 g/mol. The minimum absolute atomic E-state index is 0.301. The zero-order valence-electron chi connectivity index (χ0n) is 6.49. The van der Waals surface area contributed by atoms with E-state index in [1.807, 2.05) is 6.07 Å². The summed E-state index contributed by atoms with van der Waals surface area (Å²) in [4.78, 5) is 3.88. The fraction of sp³-hybridized carbons (Fsp3) is 0. The molecule has 2 rings (SSSR count). The summed E-state index contributed by atoms with van der Waals surface area (Å²) in [6.45, 7) is 0. The van der Waals surface area contributed by atoms with Crippen LogP contribution in [-0.4, -0.2) is 25.2 Å². The SMILES string of the molecule is N#Cc1ncccc1-n1cnnn1. The topological polar surface area (TPSA) is 80.3 Å². The molecule has 0 unspecified atom stereocenters. The summed E-state index contributed by atoms with van der Waals surface area (Å²) in [7, 11) is 0. The summed E-state index contributed by atoms with van der Waals surface area (Å²) >= 11 is 0. The quantitative estimate of drug-likeness (QED) is 0.601. The van der Waals surface area contributed by atoms with Crippen molar-refractivity contribution >= 4 is 0 Å². The Hall–Kier alpha value is -2.29. The van der Waals surface area contributed by atoms with Crippen molar-refractivity contribution in [1.82, 2.24) is 25.2 Å². The Morgan fingerprint density at radius 3 is 3.08 bits per heavy atom. The molecule has 0 aliphatic rings. The predicted molar refractivity (Wildman–Crippen MR) is 41.7 cm³/mol. The summed E-state index contributed by atoms with van der Waals surface area (Å²) in [5.74, 6) is 0. The van der Waals surface area contributed by atoms with E-state index >= 15 is 0 Å². The maximum atomic E-state index is 8.72. The first kappa shape index (κ1) is 7.36. The normalized spacial score (nSPS) is 9.46. The van der Waals surface area contributed by atoms with Crippen LogP contribution in [0.5, 0.6) is 0 Å². The third-order valence-corrected chi connectivity index (χ3v) is 1.49. The predicted octanol–water partition coefficient (Wildman–Crippen LogP) is -0.0710. The van der Waals surface area contributed by atoms with Gasteiger partial charge in [-0.3, -0.25) is 0 Å². The van der Waals surface area contributed by atoms with Gasteiger partial charge < -0.3 is 0 Å². The van der Waals surface area contributed by atoms with Gasteiger partial charge in [0, 0.05) is 6.20 Å². The lowest BCUT2D eigenvalue weighted by Gasteiger charge is -1.98. The molecular weight excluding hydrogens is 168 g/mol.